The molecule has 1 atom stereocenters. The van der Waals surface area contributed by atoms with Crippen molar-refractivity contribution in [1.82, 2.24) is 0 Å². The van der Waals surface area contributed by atoms with Crippen LogP contribution in [0.3, 0.4) is 0 Å². The van der Waals surface area contributed by atoms with Gasteiger partial charge < -0.3 is 19.9 Å². The number of aliphatic hydroxyl groups is 1. The molecule has 0 aliphatic carbocycles. The maximum absolute atomic E-state index is 9.68. The van der Waals surface area contributed by atoms with Gasteiger partial charge in [-0.25, -0.2) is 0 Å². The van der Waals surface area contributed by atoms with E-state index in [4.69, 9.17) is 9.47 Å². The fourth-order valence-corrected chi connectivity index (χ4v) is 2.45. The molecule has 4 nitrogen and oxygen atoms in total. The number of hydrogen-bond donors (Lipinski definition) is 2. The topological polar surface area (TPSA) is 50.7 Å². The number of fused-ring (bicyclic) bond motifs is 1. The molecule has 4 heteroatoms. The van der Waals surface area contributed by atoms with Gasteiger partial charge in [-0.2, -0.15) is 0 Å². The molecule has 0 radical (unpaired) electrons. The minimum atomic E-state index is -0.178. The summed E-state index contributed by atoms with van der Waals surface area (Å²) >= 11 is 0. The number of hydrogen-bond acceptors (Lipinski definition) is 4. The Morgan fingerprint density at radius 3 is 2.67 bits per heavy atom. The first-order chi connectivity index (χ1) is 10.3. The molecule has 0 bridgehead atoms. The molecule has 1 aliphatic heterocycles. The normalized spacial score (nSPS) is 14.6. The van der Waals surface area contributed by atoms with Gasteiger partial charge in [0.15, 0.2) is 11.5 Å². The van der Waals surface area contributed by atoms with Crippen molar-refractivity contribution in [2.24, 2.45) is 0 Å². The number of nitrogens with one attached hydrogen (secondary N) is 1. The molecule has 1 aliphatic rings. The largest absolute Gasteiger partial charge is 0.486 e. The van der Waals surface area contributed by atoms with Crippen LogP contribution in [0.4, 0.5) is 5.69 Å². The number of aryl methyl sites for hydroxylation is 1. The summed E-state index contributed by atoms with van der Waals surface area (Å²) in [5.41, 5.74) is 3.14. The van der Waals surface area contributed by atoms with E-state index in [9.17, 15) is 5.11 Å². The van der Waals surface area contributed by atoms with E-state index in [1.54, 1.807) is 0 Å². The van der Waals surface area contributed by atoms with Crippen LogP contribution >= 0.6 is 0 Å². The van der Waals surface area contributed by atoms with Gasteiger partial charge in [-0.15, -0.1) is 0 Å². The van der Waals surface area contributed by atoms with Crippen molar-refractivity contribution in [2.75, 3.05) is 25.1 Å². The van der Waals surface area contributed by atoms with Crippen LogP contribution in [0, 0.1) is 6.92 Å². The summed E-state index contributed by atoms with van der Waals surface area (Å²) in [7, 11) is 0. The molecule has 2 aromatic carbocycles. The van der Waals surface area contributed by atoms with Crippen LogP contribution in [0.25, 0.3) is 0 Å². The third-order valence-corrected chi connectivity index (χ3v) is 3.51. The Morgan fingerprint density at radius 2 is 1.90 bits per heavy atom. The first-order valence-electron chi connectivity index (χ1n) is 7.10. The number of ether oxygens (including phenoxy) is 2. The summed E-state index contributed by atoms with van der Waals surface area (Å²) in [5.74, 6) is 1.50. The third kappa shape index (κ3) is 3.11. The molecule has 110 valence electrons. The second-order valence-corrected chi connectivity index (χ2v) is 5.15. The molecule has 0 fully saturated rings. The van der Waals surface area contributed by atoms with Gasteiger partial charge in [0.25, 0.3) is 0 Å². The van der Waals surface area contributed by atoms with Crippen LogP contribution < -0.4 is 14.8 Å². The first kappa shape index (κ1) is 13.8. The Bertz CT molecular complexity index is 627. The van der Waals surface area contributed by atoms with Crippen LogP contribution in [0.15, 0.2) is 42.5 Å². The van der Waals surface area contributed by atoms with E-state index in [2.05, 4.69) is 11.4 Å². The summed E-state index contributed by atoms with van der Waals surface area (Å²) in [6.45, 7) is 3.19. The number of benzene rings is 2. The maximum Gasteiger partial charge on any atom is 0.161 e. The van der Waals surface area contributed by atoms with E-state index < -0.39 is 0 Å². The zero-order valence-corrected chi connectivity index (χ0v) is 12.0. The first-order valence-corrected chi connectivity index (χ1v) is 7.10. The lowest BCUT2D eigenvalue weighted by Crippen LogP contribution is -2.18. The monoisotopic (exact) mass is 285 g/mol. The minimum Gasteiger partial charge on any atom is -0.486 e. The van der Waals surface area contributed by atoms with Crippen molar-refractivity contribution in [2.45, 2.75) is 13.0 Å². The summed E-state index contributed by atoms with van der Waals surface area (Å²) in [6, 6.07) is 13.7. The standard InChI is InChI=1S/C17H19NO3/c1-12-3-2-4-14(9-12)18-15(11-19)13-5-6-16-17(10-13)21-8-7-20-16/h2-6,9-10,15,18-19H,7-8,11H2,1H3. The van der Waals surface area contributed by atoms with Gasteiger partial charge in [-0.05, 0) is 42.3 Å². The van der Waals surface area contributed by atoms with Crippen molar-refractivity contribution < 1.29 is 14.6 Å². The van der Waals surface area contributed by atoms with Crippen LogP contribution in [0.2, 0.25) is 0 Å². The van der Waals surface area contributed by atoms with Crippen LogP contribution in [-0.4, -0.2) is 24.9 Å². The molecule has 0 spiro atoms. The predicted octanol–water partition coefficient (Wildman–Crippen LogP) is 2.91. The van der Waals surface area contributed by atoms with Crippen molar-refractivity contribution in [3.05, 3.63) is 53.6 Å². The lowest BCUT2D eigenvalue weighted by molar-refractivity contribution is 0.171. The van der Waals surface area contributed by atoms with E-state index in [0.29, 0.717) is 13.2 Å². The zero-order valence-electron chi connectivity index (χ0n) is 12.0. The van der Waals surface area contributed by atoms with E-state index in [1.165, 1.54) is 5.56 Å². The highest BCUT2D eigenvalue weighted by Gasteiger charge is 2.16. The molecule has 1 unspecified atom stereocenters. The van der Waals surface area contributed by atoms with Gasteiger partial charge in [0.2, 0.25) is 0 Å². The Morgan fingerprint density at radius 1 is 1.10 bits per heavy atom. The highest BCUT2D eigenvalue weighted by atomic mass is 16.6. The molecule has 3 rings (SSSR count). The molecule has 2 aromatic rings. The molecular weight excluding hydrogens is 266 g/mol. The predicted molar refractivity (Wildman–Crippen MR) is 82.1 cm³/mol. The number of anilines is 1. The third-order valence-electron chi connectivity index (χ3n) is 3.51. The average Bonchev–Trinajstić information content (AvgIpc) is 2.52. The molecule has 1 heterocycles. The van der Waals surface area contributed by atoms with Crippen molar-refractivity contribution in [1.29, 1.82) is 0 Å². The van der Waals surface area contributed by atoms with Crippen molar-refractivity contribution in [3.63, 3.8) is 0 Å². The Kier molecular flexibility index (Phi) is 3.97. The Labute approximate surface area is 124 Å². The Balaban J connectivity index is 1.82. The molecule has 0 aromatic heterocycles. The van der Waals surface area contributed by atoms with Gasteiger partial charge in [-0.1, -0.05) is 18.2 Å². The van der Waals surface area contributed by atoms with Crippen LogP contribution in [0.5, 0.6) is 11.5 Å². The van der Waals surface area contributed by atoms with Gasteiger partial charge in [-0.3, -0.25) is 0 Å². The molecule has 2 N–H and O–H groups in total. The number of rotatable bonds is 4. The molecule has 0 amide bonds. The molecule has 0 saturated carbocycles. The molecular formula is C17H19NO3. The van der Waals surface area contributed by atoms with Gasteiger partial charge >= 0.3 is 0 Å². The highest BCUT2D eigenvalue weighted by molar-refractivity contribution is 5.50. The van der Waals surface area contributed by atoms with E-state index in [-0.39, 0.29) is 12.6 Å². The lowest BCUT2D eigenvalue weighted by atomic mass is 10.1. The lowest BCUT2D eigenvalue weighted by Gasteiger charge is -2.22. The minimum absolute atomic E-state index is 0.00753. The summed E-state index contributed by atoms with van der Waals surface area (Å²) < 4.78 is 11.1. The second-order valence-electron chi connectivity index (χ2n) is 5.15. The van der Waals surface area contributed by atoms with Gasteiger partial charge in [0.1, 0.15) is 13.2 Å². The Hall–Kier alpha value is -2.20. The smallest absolute Gasteiger partial charge is 0.161 e. The van der Waals surface area contributed by atoms with Crippen molar-refractivity contribution in [3.8, 4) is 11.5 Å². The fraction of sp³-hybridized carbons (Fsp3) is 0.294. The van der Waals surface area contributed by atoms with E-state index in [0.717, 1.165) is 22.7 Å². The van der Waals surface area contributed by atoms with E-state index in [1.807, 2.05) is 43.3 Å². The SMILES string of the molecule is Cc1cccc(NC(CO)c2ccc3c(c2)OCCO3)c1. The van der Waals surface area contributed by atoms with Crippen LogP contribution in [0.1, 0.15) is 17.2 Å². The van der Waals surface area contributed by atoms with Crippen molar-refractivity contribution >= 4 is 5.69 Å². The summed E-state index contributed by atoms with van der Waals surface area (Å²) in [4.78, 5) is 0. The highest BCUT2D eigenvalue weighted by Crippen LogP contribution is 2.33. The molecule has 0 saturated heterocycles. The fourth-order valence-electron chi connectivity index (χ4n) is 2.45. The zero-order chi connectivity index (χ0) is 14.7. The van der Waals surface area contributed by atoms with Crippen LogP contribution in [-0.2, 0) is 0 Å². The number of aliphatic hydroxyl groups excluding tert-OH is 1. The average molecular weight is 285 g/mol. The van der Waals surface area contributed by atoms with Gasteiger partial charge in [0, 0.05) is 5.69 Å². The second kappa shape index (κ2) is 6.06. The van der Waals surface area contributed by atoms with Gasteiger partial charge in [0.05, 0.1) is 12.6 Å². The summed E-state index contributed by atoms with van der Waals surface area (Å²) in [6.07, 6.45) is 0. The molecule has 21 heavy (non-hydrogen) atoms. The summed E-state index contributed by atoms with van der Waals surface area (Å²) in [5, 5.41) is 13.0. The van der Waals surface area contributed by atoms with E-state index >= 15 is 0 Å². The quantitative estimate of drug-likeness (QED) is 0.907. The maximum atomic E-state index is 9.68.